The van der Waals surface area contributed by atoms with Gasteiger partial charge in [0.15, 0.2) is 0 Å². The highest BCUT2D eigenvalue weighted by Gasteiger charge is 2.10. The van der Waals surface area contributed by atoms with Crippen LogP contribution in [-0.4, -0.2) is 17.6 Å². The van der Waals surface area contributed by atoms with E-state index in [1.807, 2.05) is 51.1 Å². The number of benzene rings is 1. The maximum absolute atomic E-state index is 12.1. The molecule has 1 aromatic carbocycles. The van der Waals surface area contributed by atoms with Gasteiger partial charge < -0.3 is 15.4 Å². The number of pyridine rings is 1. The number of nitrogens with zero attached hydrogens (tertiary/aromatic N) is 1. The first-order chi connectivity index (χ1) is 10.6. The second-order valence-corrected chi connectivity index (χ2v) is 5.01. The van der Waals surface area contributed by atoms with Crippen molar-refractivity contribution in [1.82, 2.24) is 10.3 Å². The molecule has 5 nitrogen and oxygen atoms in total. The van der Waals surface area contributed by atoms with E-state index in [-0.39, 0.29) is 12.1 Å². The fourth-order valence-corrected chi connectivity index (χ4v) is 2.09. The number of rotatable bonds is 5. The van der Waals surface area contributed by atoms with Crippen molar-refractivity contribution in [2.75, 3.05) is 11.9 Å². The fraction of sp³-hybridized carbons (Fsp3) is 0.294. The maximum Gasteiger partial charge on any atom is 0.319 e. The number of hydrogen-bond donors (Lipinski definition) is 2. The number of urea groups is 1. The van der Waals surface area contributed by atoms with Gasteiger partial charge in [0.2, 0.25) is 0 Å². The lowest BCUT2D eigenvalue weighted by Gasteiger charge is -2.15. The molecular formula is C17H21N3O2. The van der Waals surface area contributed by atoms with Crippen molar-refractivity contribution >= 4 is 11.7 Å². The van der Waals surface area contributed by atoms with E-state index in [1.165, 1.54) is 0 Å². The molecule has 1 heterocycles. The monoisotopic (exact) mass is 299 g/mol. The van der Waals surface area contributed by atoms with Crippen molar-refractivity contribution in [3.8, 4) is 5.75 Å². The van der Waals surface area contributed by atoms with Crippen molar-refractivity contribution in [3.05, 3.63) is 53.9 Å². The average molecular weight is 299 g/mol. The van der Waals surface area contributed by atoms with Gasteiger partial charge in [0.1, 0.15) is 5.75 Å². The van der Waals surface area contributed by atoms with Crippen LogP contribution < -0.4 is 15.4 Å². The molecule has 0 bridgehead atoms. The first kappa shape index (κ1) is 15.8. The Morgan fingerprint density at radius 2 is 2.00 bits per heavy atom. The number of ether oxygens (including phenoxy) is 1. The molecule has 1 aromatic heterocycles. The highest BCUT2D eigenvalue weighted by Crippen LogP contribution is 2.22. The Hall–Kier alpha value is -2.56. The molecule has 0 aliphatic heterocycles. The van der Waals surface area contributed by atoms with E-state index in [9.17, 15) is 4.79 Å². The first-order valence-corrected chi connectivity index (χ1v) is 7.31. The second kappa shape index (κ2) is 7.45. The summed E-state index contributed by atoms with van der Waals surface area (Å²) in [4.78, 5) is 16.0. The lowest BCUT2D eigenvalue weighted by molar-refractivity contribution is 0.249. The van der Waals surface area contributed by atoms with Crippen LogP contribution in [0.15, 0.2) is 42.7 Å². The molecule has 1 atom stereocenters. The molecule has 0 saturated carbocycles. The van der Waals surface area contributed by atoms with Gasteiger partial charge in [-0.05, 0) is 50.1 Å². The molecule has 0 aliphatic rings. The van der Waals surface area contributed by atoms with Gasteiger partial charge in [-0.1, -0.05) is 6.07 Å². The minimum atomic E-state index is -0.254. The lowest BCUT2D eigenvalue weighted by atomic mass is 10.1. The van der Waals surface area contributed by atoms with Crippen LogP contribution in [0.5, 0.6) is 5.75 Å². The Morgan fingerprint density at radius 1 is 1.27 bits per heavy atom. The summed E-state index contributed by atoms with van der Waals surface area (Å²) in [6.07, 6.45) is 3.42. The minimum absolute atomic E-state index is 0.0974. The van der Waals surface area contributed by atoms with E-state index >= 15 is 0 Å². The molecule has 2 aromatic rings. The van der Waals surface area contributed by atoms with Crippen molar-refractivity contribution < 1.29 is 9.53 Å². The van der Waals surface area contributed by atoms with Crippen molar-refractivity contribution in [2.45, 2.75) is 26.8 Å². The average Bonchev–Trinajstić information content (AvgIpc) is 2.51. The Morgan fingerprint density at radius 3 is 2.68 bits per heavy atom. The zero-order valence-corrected chi connectivity index (χ0v) is 13.1. The topological polar surface area (TPSA) is 63.2 Å². The van der Waals surface area contributed by atoms with Gasteiger partial charge in [0, 0.05) is 24.1 Å². The summed E-state index contributed by atoms with van der Waals surface area (Å²) in [5.41, 5.74) is 2.75. The van der Waals surface area contributed by atoms with Crippen LogP contribution in [0.3, 0.4) is 0 Å². The summed E-state index contributed by atoms with van der Waals surface area (Å²) < 4.78 is 5.53. The highest BCUT2D eigenvalue weighted by molar-refractivity contribution is 5.89. The number of anilines is 1. The summed E-state index contributed by atoms with van der Waals surface area (Å²) in [7, 11) is 0. The third kappa shape index (κ3) is 4.22. The summed E-state index contributed by atoms with van der Waals surface area (Å²) in [5.74, 6) is 0.780. The zero-order valence-electron chi connectivity index (χ0n) is 13.1. The molecular weight excluding hydrogens is 278 g/mol. The molecule has 0 fully saturated rings. The highest BCUT2D eigenvalue weighted by atomic mass is 16.5. The molecule has 2 N–H and O–H groups in total. The van der Waals surface area contributed by atoms with Gasteiger partial charge >= 0.3 is 6.03 Å². The minimum Gasteiger partial charge on any atom is -0.494 e. The number of nitrogens with one attached hydrogen (secondary N) is 2. The van der Waals surface area contributed by atoms with Crippen LogP contribution in [0.4, 0.5) is 10.5 Å². The van der Waals surface area contributed by atoms with E-state index in [1.54, 1.807) is 12.4 Å². The maximum atomic E-state index is 12.1. The molecule has 1 unspecified atom stereocenters. The van der Waals surface area contributed by atoms with Crippen LogP contribution in [0.2, 0.25) is 0 Å². The van der Waals surface area contributed by atoms with Gasteiger partial charge in [-0.15, -0.1) is 0 Å². The van der Waals surface area contributed by atoms with Gasteiger partial charge in [-0.25, -0.2) is 4.79 Å². The van der Waals surface area contributed by atoms with Crippen LogP contribution in [-0.2, 0) is 0 Å². The number of aromatic nitrogens is 1. The number of hydrogen-bond acceptors (Lipinski definition) is 3. The Labute approximate surface area is 130 Å². The fourth-order valence-electron chi connectivity index (χ4n) is 2.09. The largest absolute Gasteiger partial charge is 0.494 e. The van der Waals surface area contributed by atoms with Crippen molar-refractivity contribution in [1.29, 1.82) is 0 Å². The number of amides is 2. The van der Waals surface area contributed by atoms with Gasteiger partial charge in [0.25, 0.3) is 0 Å². The van der Waals surface area contributed by atoms with Gasteiger partial charge in [-0.3, -0.25) is 4.98 Å². The second-order valence-electron chi connectivity index (χ2n) is 5.01. The van der Waals surface area contributed by atoms with Crippen molar-refractivity contribution in [2.24, 2.45) is 0 Å². The summed E-state index contributed by atoms with van der Waals surface area (Å²) >= 11 is 0. The quantitative estimate of drug-likeness (QED) is 0.885. The lowest BCUT2D eigenvalue weighted by Crippen LogP contribution is -2.31. The Bertz CT molecular complexity index is 629. The summed E-state index contributed by atoms with van der Waals surface area (Å²) in [6.45, 7) is 6.42. The predicted molar refractivity (Wildman–Crippen MR) is 87.2 cm³/mol. The zero-order chi connectivity index (χ0) is 15.9. The Kier molecular flexibility index (Phi) is 5.36. The Balaban J connectivity index is 1.98. The van der Waals surface area contributed by atoms with E-state index in [2.05, 4.69) is 15.6 Å². The number of carbonyl (C=O) groups is 1. The summed E-state index contributed by atoms with van der Waals surface area (Å²) in [6, 6.07) is 9.01. The molecule has 2 amide bonds. The molecule has 5 heteroatoms. The molecule has 116 valence electrons. The van der Waals surface area contributed by atoms with Crippen LogP contribution in [0, 0.1) is 6.92 Å². The van der Waals surface area contributed by atoms with Crippen molar-refractivity contribution in [3.63, 3.8) is 0 Å². The van der Waals surface area contributed by atoms with Crippen LogP contribution in [0.1, 0.15) is 31.0 Å². The number of carbonyl (C=O) groups excluding carboxylic acids is 1. The molecule has 0 radical (unpaired) electrons. The third-order valence-corrected chi connectivity index (χ3v) is 3.30. The van der Waals surface area contributed by atoms with E-state index in [0.29, 0.717) is 12.3 Å². The van der Waals surface area contributed by atoms with Crippen LogP contribution >= 0.6 is 0 Å². The molecule has 22 heavy (non-hydrogen) atoms. The van der Waals surface area contributed by atoms with Gasteiger partial charge in [0.05, 0.1) is 12.6 Å². The van der Waals surface area contributed by atoms with Crippen LogP contribution in [0.25, 0.3) is 0 Å². The smallest absolute Gasteiger partial charge is 0.319 e. The standard InChI is InChI=1S/C17H21N3O2/c1-4-22-16-11-15(6-5-12(16)2)20-17(21)19-13(3)14-7-9-18-10-8-14/h5-11,13H,4H2,1-3H3,(H2,19,20,21). The normalized spacial score (nSPS) is 11.6. The van der Waals surface area contributed by atoms with E-state index in [4.69, 9.17) is 4.74 Å². The molecule has 2 rings (SSSR count). The SMILES string of the molecule is CCOc1cc(NC(=O)NC(C)c2ccncc2)ccc1C. The van der Waals surface area contributed by atoms with E-state index in [0.717, 1.165) is 16.9 Å². The predicted octanol–water partition coefficient (Wildman–Crippen LogP) is 3.67. The summed E-state index contributed by atoms with van der Waals surface area (Å²) in [5, 5.41) is 5.72. The molecule has 0 aliphatic carbocycles. The first-order valence-electron chi connectivity index (χ1n) is 7.31. The molecule has 0 spiro atoms. The number of aryl methyl sites for hydroxylation is 1. The molecule has 0 saturated heterocycles. The van der Waals surface area contributed by atoms with E-state index < -0.39 is 0 Å². The third-order valence-electron chi connectivity index (χ3n) is 3.30. The van der Waals surface area contributed by atoms with Gasteiger partial charge in [-0.2, -0.15) is 0 Å².